The van der Waals surface area contributed by atoms with E-state index in [4.69, 9.17) is 11.6 Å². The standard InChI is InChI=1S/C25H20BrClN2O/c1-16-9-17(2)11-18(10-16)12-19-3-6-23(27)14-20(19)13-21(15-28)25(30)29-24-7-4-22(26)5-8-24/h3-11,13-14H,12H2,1-2H3,(H,29,30)/b21-13+. The number of hydrogen-bond acceptors (Lipinski definition) is 2. The lowest BCUT2D eigenvalue weighted by Gasteiger charge is -2.10. The third-order valence-corrected chi connectivity index (χ3v) is 5.31. The molecule has 3 aromatic carbocycles. The number of anilines is 1. The fraction of sp³-hybridized carbons (Fsp3) is 0.120. The summed E-state index contributed by atoms with van der Waals surface area (Å²) < 4.78 is 0.909. The highest BCUT2D eigenvalue weighted by molar-refractivity contribution is 9.10. The summed E-state index contributed by atoms with van der Waals surface area (Å²) in [4.78, 5) is 12.6. The third-order valence-electron chi connectivity index (χ3n) is 4.55. The first kappa shape index (κ1) is 21.8. The molecule has 30 heavy (non-hydrogen) atoms. The van der Waals surface area contributed by atoms with Gasteiger partial charge in [0, 0.05) is 15.2 Å². The van der Waals surface area contributed by atoms with Crippen molar-refractivity contribution in [3.63, 3.8) is 0 Å². The molecule has 0 fully saturated rings. The largest absolute Gasteiger partial charge is 0.321 e. The van der Waals surface area contributed by atoms with Crippen molar-refractivity contribution in [2.24, 2.45) is 0 Å². The Morgan fingerprint density at radius 2 is 1.73 bits per heavy atom. The van der Waals surface area contributed by atoms with Crippen LogP contribution in [0.2, 0.25) is 5.02 Å². The van der Waals surface area contributed by atoms with Gasteiger partial charge in [0.25, 0.3) is 5.91 Å². The van der Waals surface area contributed by atoms with Crippen LogP contribution in [0.3, 0.4) is 0 Å². The Kier molecular flexibility index (Phi) is 7.10. The summed E-state index contributed by atoms with van der Waals surface area (Å²) in [6.45, 7) is 4.14. The number of nitriles is 1. The highest BCUT2D eigenvalue weighted by atomic mass is 79.9. The lowest BCUT2D eigenvalue weighted by molar-refractivity contribution is -0.112. The van der Waals surface area contributed by atoms with Crippen molar-refractivity contribution >= 4 is 45.2 Å². The van der Waals surface area contributed by atoms with Crippen LogP contribution >= 0.6 is 27.5 Å². The van der Waals surface area contributed by atoms with Gasteiger partial charge in [0.15, 0.2) is 0 Å². The number of rotatable bonds is 5. The number of hydrogen-bond donors (Lipinski definition) is 1. The Bertz CT molecular complexity index is 1140. The first-order valence-electron chi connectivity index (χ1n) is 9.38. The highest BCUT2D eigenvalue weighted by Gasteiger charge is 2.12. The predicted molar refractivity (Wildman–Crippen MR) is 127 cm³/mol. The molecule has 0 radical (unpaired) electrons. The van der Waals surface area contributed by atoms with Crippen molar-refractivity contribution in [1.82, 2.24) is 0 Å². The van der Waals surface area contributed by atoms with Crippen LogP contribution in [0.4, 0.5) is 5.69 Å². The Balaban J connectivity index is 1.91. The Morgan fingerprint density at radius 1 is 1.07 bits per heavy atom. The summed E-state index contributed by atoms with van der Waals surface area (Å²) in [6, 6.07) is 21.1. The predicted octanol–water partition coefficient (Wildman–Crippen LogP) is 6.86. The fourth-order valence-electron chi connectivity index (χ4n) is 3.29. The maximum atomic E-state index is 12.6. The average molecular weight is 480 g/mol. The van der Waals surface area contributed by atoms with Crippen LogP contribution in [0.5, 0.6) is 0 Å². The third kappa shape index (κ3) is 5.82. The van der Waals surface area contributed by atoms with Crippen molar-refractivity contribution in [3.05, 3.63) is 104 Å². The molecule has 1 amide bonds. The highest BCUT2D eigenvalue weighted by Crippen LogP contribution is 2.23. The topological polar surface area (TPSA) is 52.9 Å². The molecule has 0 heterocycles. The van der Waals surface area contributed by atoms with Gasteiger partial charge >= 0.3 is 0 Å². The van der Waals surface area contributed by atoms with Crippen molar-refractivity contribution in [2.45, 2.75) is 20.3 Å². The summed E-state index contributed by atoms with van der Waals surface area (Å²) in [5, 5.41) is 12.9. The van der Waals surface area contributed by atoms with Crippen molar-refractivity contribution < 1.29 is 4.79 Å². The second-order valence-corrected chi connectivity index (χ2v) is 8.50. The van der Waals surface area contributed by atoms with E-state index in [9.17, 15) is 10.1 Å². The molecule has 3 rings (SSSR count). The Hall–Kier alpha value is -2.87. The van der Waals surface area contributed by atoms with E-state index in [0.717, 1.165) is 15.6 Å². The van der Waals surface area contributed by atoms with Gasteiger partial charge < -0.3 is 5.32 Å². The molecule has 5 heteroatoms. The molecule has 0 aromatic heterocycles. The molecular formula is C25H20BrClN2O. The van der Waals surface area contributed by atoms with E-state index in [2.05, 4.69) is 53.3 Å². The van der Waals surface area contributed by atoms with Crippen LogP contribution in [0.15, 0.2) is 70.7 Å². The molecule has 150 valence electrons. The summed E-state index contributed by atoms with van der Waals surface area (Å²) in [6.07, 6.45) is 2.27. The summed E-state index contributed by atoms with van der Waals surface area (Å²) in [7, 11) is 0. The van der Waals surface area contributed by atoms with Crippen LogP contribution in [0.1, 0.15) is 27.8 Å². The maximum absolute atomic E-state index is 12.6. The Labute approximate surface area is 190 Å². The molecule has 0 bridgehead atoms. The van der Waals surface area contributed by atoms with E-state index in [-0.39, 0.29) is 5.57 Å². The number of carbonyl (C=O) groups is 1. The average Bonchev–Trinajstić information content (AvgIpc) is 2.69. The molecule has 0 atom stereocenters. The molecule has 1 N–H and O–H groups in total. The minimum Gasteiger partial charge on any atom is -0.321 e. The lowest BCUT2D eigenvalue weighted by Crippen LogP contribution is -2.13. The van der Waals surface area contributed by atoms with Crippen LogP contribution in [-0.4, -0.2) is 5.91 Å². The molecule has 3 aromatic rings. The van der Waals surface area contributed by atoms with Gasteiger partial charge in [0.05, 0.1) is 0 Å². The van der Waals surface area contributed by atoms with Crippen LogP contribution in [0.25, 0.3) is 6.08 Å². The molecule has 3 nitrogen and oxygen atoms in total. The van der Waals surface area contributed by atoms with Gasteiger partial charge in [-0.1, -0.05) is 62.9 Å². The van der Waals surface area contributed by atoms with Crippen LogP contribution < -0.4 is 5.32 Å². The molecule has 0 spiro atoms. The summed E-state index contributed by atoms with van der Waals surface area (Å²) >= 11 is 9.56. The molecule has 0 saturated carbocycles. The van der Waals surface area contributed by atoms with Gasteiger partial charge in [-0.2, -0.15) is 5.26 Å². The number of benzene rings is 3. The minimum absolute atomic E-state index is 0.0156. The molecular weight excluding hydrogens is 460 g/mol. The van der Waals surface area contributed by atoms with Crippen LogP contribution in [0, 0.1) is 25.2 Å². The number of amides is 1. The second kappa shape index (κ2) is 9.75. The van der Waals surface area contributed by atoms with Crippen molar-refractivity contribution in [3.8, 4) is 6.07 Å². The SMILES string of the molecule is Cc1cc(C)cc(Cc2ccc(Cl)cc2/C=C(\C#N)C(=O)Nc2ccc(Br)cc2)c1. The molecule has 0 aliphatic heterocycles. The first-order chi connectivity index (χ1) is 14.3. The zero-order valence-electron chi connectivity index (χ0n) is 16.7. The Morgan fingerprint density at radius 3 is 2.37 bits per heavy atom. The van der Waals surface area contributed by atoms with E-state index in [1.165, 1.54) is 16.7 Å². The monoisotopic (exact) mass is 478 g/mol. The number of nitrogens with zero attached hydrogens (tertiary/aromatic N) is 1. The molecule has 0 unspecified atom stereocenters. The van der Waals surface area contributed by atoms with Gasteiger partial charge in [-0.05, 0) is 79.4 Å². The van der Waals surface area contributed by atoms with Crippen molar-refractivity contribution in [2.75, 3.05) is 5.32 Å². The maximum Gasteiger partial charge on any atom is 0.266 e. The number of aryl methyl sites for hydroxylation is 2. The number of carbonyl (C=O) groups excluding carboxylic acids is 1. The van der Waals surface area contributed by atoms with E-state index < -0.39 is 5.91 Å². The van der Waals surface area contributed by atoms with E-state index >= 15 is 0 Å². The smallest absolute Gasteiger partial charge is 0.266 e. The van der Waals surface area contributed by atoms with E-state index in [0.29, 0.717) is 17.1 Å². The summed E-state index contributed by atoms with van der Waals surface area (Å²) in [5.74, 6) is -0.461. The fourth-order valence-corrected chi connectivity index (χ4v) is 3.73. The van der Waals surface area contributed by atoms with Gasteiger partial charge in [-0.3, -0.25) is 4.79 Å². The van der Waals surface area contributed by atoms with Crippen molar-refractivity contribution in [1.29, 1.82) is 5.26 Å². The molecule has 0 aliphatic rings. The second-order valence-electron chi connectivity index (χ2n) is 7.15. The molecule has 0 aliphatic carbocycles. The number of halogens is 2. The quantitative estimate of drug-likeness (QED) is 0.321. The van der Waals surface area contributed by atoms with Crippen LogP contribution in [-0.2, 0) is 11.2 Å². The first-order valence-corrected chi connectivity index (χ1v) is 10.6. The van der Waals surface area contributed by atoms with Gasteiger partial charge in [-0.15, -0.1) is 0 Å². The van der Waals surface area contributed by atoms with E-state index in [1.807, 2.05) is 30.3 Å². The minimum atomic E-state index is -0.461. The zero-order valence-corrected chi connectivity index (χ0v) is 19.0. The van der Waals surface area contributed by atoms with Gasteiger partial charge in [0.2, 0.25) is 0 Å². The molecule has 0 saturated heterocycles. The van der Waals surface area contributed by atoms with E-state index in [1.54, 1.807) is 24.3 Å². The van der Waals surface area contributed by atoms with Gasteiger partial charge in [-0.25, -0.2) is 0 Å². The summed E-state index contributed by atoms with van der Waals surface area (Å²) in [5.41, 5.74) is 5.94. The van der Waals surface area contributed by atoms with Gasteiger partial charge in [0.1, 0.15) is 11.6 Å². The normalized spacial score (nSPS) is 11.1. The lowest BCUT2D eigenvalue weighted by atomic mass is 9.96. The zero-order chi connectivity index (χ0) is 21.7. The number of nitrogens with one attached hydrogen (secondary N) is 1.